The number of halogens is 3. The Morgan fingerprint density at radius 3 is 2.61 bits per heavy atom. The Morgan fingerprint density at radius 2 is 1.90 bits per heavy atom. The number of hydrogen-bond donors (Lipinski definition) is 1. The summed E-state index contributed by atoms with van der Waals surface area (Å²) in [5.41, 5.74) is 1.97. The van der Waals surface area contributed by atoms with Crippen molar-refractivity contribution in [3.05, 3.63) is 76.2 Å². The lowest BCUT2D eigenvalue weighted by Crippen LogP contribution is -2.47. The monoisotopic (exact) mass is 584 g/mol. The highest BCUT2D eigenvalue weighted by molar-refractivity contribution is 6.30. The number of anilines is 1. The number of fused-ring (bicyclic) bond motifs is 1. The van der Waals surface area contributed by atoms with Crippen LogP contribution in [0, 0.1) is 11.6 Å². The van der Waals surface area contributed by atoms with Crippen LogP contribution in [0.5, 0.6) is 5.88 Å². The highest BCUT2D eigenvalue weighted by Crippen LogP contribution is 2.25. The van der Waals surface area contributed by atoms with E-state index < -0.39 is 17.6 Å². The fraction of sp³-hybridized carbons (Fsp3) is 0.357. The maximum atomic E-state index is 14.4. The van der Waals surface area contributed by atoms with Gasteiger partial charge < -0.3 is 24.0 Å². The maximum Gasteiger partial charge on any atom is 0.335 e. The Balaban J connectivity index is 1.12. The molecule has 10 nitrogen and oxygen atoms in total. The molecule has 6 rings (SSSR count). The van der Waals surface area contributed by atoms with E-state index in [1.165, 1.54) is 18.2 Å². The van der Waals surface area contributed by atoms with Crippen LogP contribution in [-0.2, 0) is 24.4 Å². The van der Waals surface area contributed by atoms with E-state index in [0.717, 1.165) is 36.1 Å². The Morgan fingerprint density at radius 1 is 1.10 bits per heavy atom. The van der Waals surface area contributed by atoms with Crippen LogP contribution in [0.3, 0.4) is 0 Å². The molecule has 2 saturated heterocycles. The van der Waals surface area contributed by atoms with Crippen molar-refractivity contribution in [3.8, 4) is 5.88 Å². The summed E-state index contributed by atoms with van der Waals surface area (Å²) in [6.45, 7) is 4.24. The minimum absolute atomic E-state index is 0.0831. The number of aromatic carboxylic acids is 1. The number of aromatic nitrogens is 4. The van der Waals surface area contributed by atoms with Crippen molar-refractivity contribution in [3.63, 3.8) is 0 Å². The minimum Gasteiger partial charge on any atom is -0.478 e. The first kappa shape index (κ1) is 27.3. The topological polar surface area (TPSA) is 106 Å². The molecule has 0 spiro atoms. The molecule has 214 valence electrons. The predicted octanol–water partition coefficient (Wildman–Crippen LogP) is 4.15. The van der Waals surface area contributed by atoms with E-state index >= 15 is 0 Å². The molecule has 0 aliphatic carbocycles. The molecule has 2 aliphatic rings. The SMILES string of the molecule is O=C(O)c1ccc2nc(CN3CCN(c4ncc(F)c(OCc5ccc(Cl)cc5F)n4)CC3)n(CC3CCO3)c2c1. The lowest BCUT2D eigenvalue weighted by Gasteiger charge is -2.35. The molecule has 1 unspecified atom stereocenters. The standard InChI is InChI=1S/C28H27ClF2N6O4/c29-19-3-1-18(21(30)12-19)16-41-26-22(31)13-32-28(34-26)36-8-6-35(7-9-36)15-25-33-23-4-2-17(27(38)39)11-24(23)37(25)14-20-5-10-40-20/h1-4,11-13,20H,5-10,14-16H2,(H,38,39). The average molecular weight is 585 g/mol. The van der Waals surface area contributed by atoms with Gasteiger partial charge in [-0.1, -0.05) is 17.7 Å². The van der Waals surface area contributed by atoms with Crippen molar-refractivity contribution < 1.29 is 28.2 Å². The van der Waals surface area contributed by atoms with E-state index in [2.05, 4.69) is 19.4 Å². The van der Waals surface area contributed by atoms with Gasteiger partial charge in [-0.2, -0.15) is 9.37 Å². The van der Waals surface area contributed by atoms with E-state index in [1.54, 1.807) is 18.2 Å². The third-order valence-corrected chi connectivity index (χ3v) is 7.59. The van der Waals surface area contributed by atoms with Gasteiger partial charge in [0, 0.05) is 43.4 Å². The highest BCUT2D eigenvalue weighted by atomic mass is 35.5. The number of benzene rings is 2. The number of nitrogens with zero attached hydrogens (tertiary/aromatic N) is 6. The normalized spacial score (nSPS) is 17.5. The van der Waals surface area contributed by atoms with E-state index in [-0.39, 0.29) is 34.7 Å². The number of ether oxygens (including phenoxy) is 2. The summed E-state index contributed by atoms with van der Waals surface area (Å²) in [5.74, 6) is -1.34. The van der Waals surface area contributed by atoms with Gasteiger partial charge in [0.2, 0.25) is 11.8 Å². The van der Waals surface area contributed by atoms with Crippen LogP contribution in [0.4, 0.5) is 14.7 Å². The number of carboxylic acids is 1. The summed E-state index contributed by atoms with van der Waals surface area (Å²) in [5, 5.41) is 9.73. The zero-order valence-corrected chi connectivity index (χ0v) is 22.7. The fourth-order valence-electron chi connectivity index (χ4n) is 4.95. The van der Waals surface area contributed by atoms with Crippen LogP contribution in [0.15, 0.2) is 42.6 Å². The minimum atomic E-state index is -0.981. The molecule has 2 aliphatic heterocycles. The predicted molar refractivity (Wildman–Crippen MR) is 146 cm³/mol. The van der Waals surface area contributed by atoms with Gasteiger partial charge in [-0.25, -0.2) is 19.2 Å². The maximum absolute atomic E-state index is 14.4. The van der Waals surface area contributed by atoms with Gasteiger partial charge in [-0.15, -0.1) is 0 Å². The Hall–Kier alpha value is -3.87. The third-order valence-electron chi connectivity index (χ3n) is 7.35. The van der Waals surface area contributed by atoms with Crippen LogP contribution < -0.4 is 9.64 Å². The van der Waals surface area contributed by atoms with Crippen LogP contribution in [0.1, 0.15) is 28.2 Å². The summed E-state index contributed by atoms with van der Waals surface area (Å²) >= 11 is 5.79. The Kier molecular flexibility index (Phi) is 7.69. The van der Waals surface area contributed by atoms with Crippen molar-refractivity contribution in [2.45, 2.75) is 32.2 Å². The number of hydrogen-bond acceptors (Lipinski definition) is 8. The highest BCUT2D eigenvalue weighted by Gasteiger charge is 2.26. The summed E-state index contributed by atoms with van der Waals surface area (Å²) < 4.78 is 41.7. The van der Waals surface area contributed by atoms with Crippen molar-refractivity contribution in [1.82, 2.24) is 24.4 Å². The molecule has 4 heterocycles. The van der Waals surface area contributed by atoms with E-state index in [0.29, 0.717) is 45.2 Å². The van der Waals surface area contributed by atoms with Gasteiger partial charge in [0.1, 0.15) is 18.2 Å². The van der Waals surface area contributed by atoms with Gasteiger partial charge in [0.05, 0.1) is 42.0 Å². The number of carboxylic acid groups (broad SMARTS) is 1. The fourth-order valence-corrected chi connectivity index (χ4v) is 5.11. The molecule has 1 N–H and O–H groups in total. The first-order chi connectivity index (χ1) is 19.8. The number of carbonyl (C=O) groups is 1. The van der Waals surface area contributed by atoms with E-state index in [9.17, 15) is 18.7 Å². The molecule has 2 aromatic carbocycles. The molecule has 41 heavy (non-hydrogen) atoms. The molecule has 0 amide bonds. The van der Waals surface area contributed by atoms with Gasteiger partial charge in [-0.3, -0.25) is 4.90 Å². The zero-order valence-electron chi connectivity index (χ0n) is 22.0. The number of piperazine rings is 1. The second-order valence-electron chi connectivity index (χ2n) is 10.0. The average Bonchev–Trinajstić information content (AvgIpc) is 3.27. The first-order valence-electron chi connectivity index (χ1n) is 13.2. The van der Waals surface area contributed by atoms with Crippen LogP contribution >= 0.6 is 11.6 Å². The molecule has 0 bridgehead atoms. The molecule has 0 radical (unpaired) electrons. The van der Waals surface area contributed by atoms with Crippen molar-refractivity contribution in [1.29, 1.82) is 0 Å². The van der Waals surface area contributed by atoms with Gasteiger partial charge in [0.15, 0.2) is 0 Å². The molecule has 2 aromatic heterocycles. The molecular weight excluding hydrogens is 558 g/mol. The lowest BCUT2D eigenvalue weighted by atomic mass is 10.1. The van der Waals surface area contributed by atoms with Crippen LogP contribution in [-0.4, -0.2) is 74.4 Å². The molecule has 13 heteroatoms. The van der Waals surface area contributed by atoms with Gasteiger partial charge in [0.25, 0.3) is 5.88 Å². The lowest BCUT2D eigenvalue weighted by molar-refractivity contribution is -0.0592. The van der Waals surface area contributed by atoms with Crippen molar-refractivity contribution in [2.75, 3.05) is 37.7 Å². The third kappa shape index (κ3) is 5.95. The summed E-state index contributed by atoms with van der Waals surface area (Å²) in [6, 6.07) is 9.16. The first-order valence-corrected chi connectivity index (χ1v) is 13.6. The van der Waals surface area contributed by atoms with Gasteiger partial charge in [-0.05, 0) is 36.8 Å². The van der Waals surface area contributed by atoms with E-state index in [1.807, 2.05) is 4.90 Å². The zero-order chi connectivity index (χ0) is 28.5. The summed E-state index contributed by atoms with van der Waals surface area (Å²) in [4.78, 5) is 29.0. The molecular formula is C28H27ClF2N6O4. The molecule has 0 saturated carbocycles. The van der Waals surface area contributed by atoms with Crippen LogP contribution in [0.25, 0.3) is 11.0 Å². The Labute approximate surface area is 239 Å². The van der Waals surface area contributed by atoms with Crippen LogP contribution in [0.2, 0.25) is 5.02 Å². The summed E-state index contributed by atoms with van der Waals surface area (Å²) in [7, 11) is 0. The van der Waals surface area contributed by atoms with E-state index in [4.69, 9.17) is 26.1 Å². The number of imidazole rings is 1. The van der Waals surface area contributed by atoms with Crippen molar-refractivity contribution >= 4 is 34.6 Å². The molecule has 4 aromatic rings. The quantitative estimate of drug-likeness (QED) is 0.311. The van der Waals surface area contributed by atoms with Crippen molar-refractivity contribution in [2.24, 2.45) is 0 Å². The smallest absolute Gasteiger partial charge is 0.335 e. The molecule has 1 atom stereocenters. The second-order valence-corrected chi connectivity index (χ2v) is 10.5. The van der Waals surface area contributed by atoms with Gasteiger partial charge >= 0.3 is 5.97 Å². The second kappa shape index (κ2) is 11.6. The number of rotatable bonds is 9. The Bertz CT molecular complexity index is 1590. The largest absolute Gasteiger partial charge is 0.478 e. The summed E-state index contributed by atoms with van der Waals surface area (Å²) in [6.07, 6.45) is 2.09. The molecule has 2 fully saturated rings.